The normalized spacial score (nSPS) is 10.6. The van der Waals surface area contributed by atoms with Crippen LogP contribution in [0.1, 0.15) is 15.9 Å². The van der Waals surface area contributed by atoms with Gasteiger partial charge < -0.3 is 0 Å². The van der Waals surface area contributed by atoms with Crippen molar-refractivity contribution in [2.24, 2.45) is 0 Å². The van der Waals surface area contributed by atoms with Crippen LogP contribution in [-0.4, -0.2) is 22.7 Å². The Morgan fingerprint density at radius 1 is 1.04 bits per heavy atom. The molecule has 2 heterocycles. The molecule has 0 bridgehead atoms. The van der Waals surface area contributed by atoms with Gasteiger partial charge in [0.2, 0.25) is 0 Å². The van der Waals surface area contributed by atoms with Gasteiger partial charge in [-0.2, -0.15) is 5.10 Å². The van der Waals surface area contributed by atoms with Gasteiger partial charge in [0.25, 0.3) is 5.91 Å². The molecule has 2 aromatic carbocycles. The van der Waals surface area contributed by atoms with Crippen LogP contribution in [0.5, 0.6) is 0 Å². The van der Waals surface area contributed by atoms with Crippen LogP contribution in [0.25, 0.3) is 10.6 Å². The minimum atomic E-state index is -0.186. The largest absolute Gasteiger partial charge is 0.288 e. The molecule has 0 saturated heterocycles. The van der Waals surface area contributed by atoms with E-state index in [0.717, 1.165) is 16.1 Å². The number of nitrogens with one attached hydrogen (secondary N) is 1. The molecule has 0 radical (unpaired) electrons. The molecule has 140 valence electrons. The van der Waals surface area contributed by atoms with Crippen LogP contribution in [0, 0.1) is 0 Å². The number of hydrogen-bond acceptors (Lipinski definition) is 4. The van der Waals surface area contributed by atoms with E-state index in [0.29, 0.717) is 17.8 Å². The molecule has 0 saturated carbocycles. The Morgan fingerprint density at radius 2 is 1.75 bits per heavy atom. The lowest BCUT2D eigenvalue weighted by Crippen LogP contribution is -2.39. The Labute approximate surface area is 167 Å². The highest BCUT2D eigenvalue weighted by Gasteiger charge is 2.20. The molecule has 5 nitrogen and oxygen atoms in total. The first-order valence-electron chi connectivity index (χ1n) is 8.96. The lowest BCUT2D eigenvalue weighted by Gasteiger charge is -2.20. The van der Waals surface area contributed by atoms with Crippen molar-refractivity contribution in [2.75, 3.05) is 12.1 Å². The fraction of sp³-hybridized carbons (Fsp3) is 0.0909. The SMILES string of the molecule is CN(NC(=O)c1cn(Cc2ccccc2)nc1-c1cccs1)c1ccccc1. The molecule has 4 rings (SSSR count). The standard InChI is InChI=1S/C22H20N4OS/c1-25(18-11-6-3-7-12-18)24-22(27)19-16-26(15-17-9-4-2-5-10-17)23-21(19)20-13-8-14-28-20/h2-14,16H,15H2,1H3,(H,24,27). The van der Waals surface area contributed by atoms with Gasteiger partial charge >= 0.3 is 0 Å². The molecule has 0 aliphatic carbocycles. The maximum Gasteiger partial charge on any atom is 0.273 e. The molecular formula is C22H20N4OS. The van der Waals surface area contributed by atoms with Gasteiger partial charge in [0.15, 0.2) is 0 Å². The summed E-state index contributed by atoms with van der Waals surface area (Å²) >= 11 is 1.57. The third kappa shape index (κ3) is 3.97. The predicted octanol–water partition coefficient (Wildman–Crippen LogP) is 4.44. The van der Waals surface area contributed by atoms with Crippen molar-refractivity contribution >= 4 is 22.9 Å². The highest BCUT2D eigenvalue weighted by atomic mass is 32.1. The van der Waals surface area contributed by atoms with Crippen LogP contribution < -0.4 is 10.4 Å². The van der Waals surface area contributed by atoms with Crippen molar-refractivity contribution in [1.29, 1.82) is 0 Å². The molecule has 0 aliphatic rings. The van der Waals surface area contributed by atoms with Gasteiger partial charge in [0.1, 0.15) is 5.69 Å². The predicted molar refractivity (Wildman–Crippen MR) is 113 cm³/mol. The van der Waals surface area contributed by atoms with Crippen LogP contribution in [0.4, 0.5) is 5.69 Å². The summed E-state index contributed by atoms with van der Waals surface area (Å²) in [6.07, 6.45) is 1.82. The molecule has 6 heteroatoms. The first-order valence-corrected chi connectivity index (χ1v) is 9.84. The van der Waals surface area contributed by atoms with Crippen LogP contribution in [-0.2, 0) is 6.54 Å². The molecule has 0 atom stereocenters. The van der Waals surface area contributed by atoms with E-state index in [2.05, 4.69) is 17.6 Å². The van der Waals surface area contributed by atoms with Crippen LogP contribution in [0.2, 0.25) is 0 Å². The van der Waals surface area contributed by atoms with Crippen molar-refractivity contribution < 1.29 is 4.79 Å². The Morgan fingerprint density at radius 3 is 2.43 bits per heavy atom. The van der Waals surface area contributed by atoms with E-state index < -0.39 is 0 Å². The van der Waals surface area contributed by atoms with Gasteiger partial charge in [-0.1, -0.05) is 54.6 Å². The summed E-state index contributed by atoms with van der Waals surface area (Å²) in [5.74, 6) is -0.186. The molecule has 1 amide bonds. The molecule has 0 spiro atoms. The number of aromatic nitrogens is 2. The Bertz CT molecular complexity index is 1040. The second-order valence-corrected chi connectivity index (χ2v) is 7.34. The fourth-order valence-electron chi connectivity index (χ4n) is 2.96. The molecule has 28 heavy (non-hydrogen) atoms. The van der Waals surface area contributed by atoms with Gasteiger partial charge in [-0.25, -0.2) is 0 Å². The van der Waals surface area contributed by atoms with E-state index in [1.807, 2.05) is 84.0 Å². The Balaban J connectivity index is 1.62. The molecule has 0 unspecified atom stereocenters. The lowest BCUT2D eigenvalue weighted by atomic mass is 10.2. The van der Waals surface area contributed by atoms with E-state index in [9.17, 15) is 4.79 Å². The van der Waals surface area contributed by atoms with Crippen molar-refractivity contribution in [1.82, 2.24) is 15.2 Å². The van der Waals surface area contributed by atoms with Gasteiger partial charge in [0.05, 0.1) is 22.7 Å². The highest BCUT2D eigenvalue weighted by molar-refractivity contribution is 7.13. The maximum atomic E-state index is 13.0. The maximum absolute atomic E-state index is 13.0. The van der Waals surface area contributed by atoms with Gasteiger partial charge in [0, 0.05) is 13.2 Å². The number of carbonyl (C=O) groups is 1. The highest BCUT2D eigenvalue weighted by Crippen LogP contribution is 2.27. The minimum Gasteiger partial charge on any atom is -0.288 e. The number of anilines is 1. The molecular weight excluding hydrogens is 368 g/mol. The third-order valence-corrected chi connectivity index (χ3v) is 5.24. The summed E-state index contributed by atoms with van der Waals surface area (Å²) in [6.45, 7) is 0.612. The van der Waals surface area contributed by atoms with Crippen molar-refractivity contribution in [2.45, 2.75) is 6.54 Å². The lowest BCUT2D eigenvalue weighted by molar-refractivity contribution is 0.0952. The number of amides is 1. The van der Waals surface area contributed by atoms with E-state index in [-0.39, 0.29) is 5.91 Å². The van der Waals surface area contributed by atoms with E-state index in [1.54, 1.807) is 16.3 Å². The molecule has 0 aliphatic heterocycles. The van der Waals surface area contributed by atoms with E-state index in [1.165, 1.54) is 0 Å². The number of hydrogen-bond donors (Lipinski definition) is 1. The van der Waals surface area contributed by atoms with Crippen molar-refractivity contribution in [3.8, 4) is 10.6 Å². The van der Waals surface area contributed by atoms with E-state index >= 15 is 0 Å². The molecule has 4 aromatic rings. The third-order valence-electron chi connectivity index (χ3n) is 4.36. The average Bonchev–Trinajstić information content (AvgIpc) is 3.39. The monoisotopic (exact) mass is 388 g/mol. The van der Waals surface area contributed by atoms with Gasteiger partial charge in [-0.05, 0) is 29.1 Å². The van der Waals surface area contributed by atoms with Gasteiger partial charge in [-0.15, -0.1) is 11.3 Å². The summed E-state index contributed by atoms with van der Waals surface area (Å²) < 4.78 is 1.82. The number of benzene rings is 2. The van der Waals surface area contributed by atoms with Gasteiger partial charge in [-0.3, -0.25) is 19.9 Å². The minimum absolute atomic E-state index is 0.186. The van der Waals surface area contributed by atoms with Crippen LogP contribution in [0.3, 0.4) is 0 Å². The Kier molecular flexibility index (Phi) is 5.21. The van der Waals surface area contributed by atoms with Crippen molar-refractivity contribution in [3.63, 3.8) is 0 Å². The zero-order valence-corrected chi connectivity index (χ0v) is 16.3. The number of para-hydroxylation sites is 1. The number of carbonyl (C=O) groups excluding carboxylic acids is 1. The number of hydrazine groups is 1. The van der Waals surface area contributed by atoms with Crippen molar-refractivity contribution in [3.05, 3.63) is 95.5 Å². The Hall–Kier alpha value is -3.38. The second kappa shape index (κ2) is 8.10. The smallest absolute Gasteiger partial charge is 0.273 e. The number of rotatable bonds is 6. The fourth-order valence-corrected chi connectivity index (χ4v) is 3.69. The first-order chi connectivity index (χ1) is 13.7. The molecule has 1 N–H and O–H groups in total. The first kappa shape index (κ1) is 18.0. The zero-order chi connectivity index (χ0) is 19.3. The molecule has 0 fully saturated rings. The number of nitrogens with zero attached hydrogens (tertiary/aromatic N) is 3. The number of thiophene rings is 1. The van der Waals surface area contributed by atoms with E-state index in [4.69, 9.17) is 5.10 Å². The topological polar surface area (TPSA) is 50.2 Å². The quantitative estimate of drug-likeness (QED) is 0.497. The summed E-state index contributed by atoms with van der Waals surface area (Å²) in [7, 11) is 1.83. The van der Waals surface area contributed by atoms with Crippen LogP contribution >= 0.6 is 11.3 Å². The molecule has 2 aromatic heterocycles. The summed E-state index contributed by atoms with van der Waals surface area (Å²) in [5.41, 5.74) is 6.24. The average molecular weight is 388 g/mol. The summed E-state index contributed by atoms with van der Waals surface area (Å²) in [5, 5.41) is 8.40. The second-order valence-electron chi connectivity index (χ2n) is 6.39. The summed E-state index contributed by atoms with van der Waals surface area (Å²) in [4.78, 5) is 14.0. The zero-order valence-electron chi connectivity index (χ0n) is 15.4. The van der Waals surface area contributed by atoms with Crippen LogP contribution in [0.15, 0.2) is 84.4 Å². The summed E-state index contributed by atoms with van der Waals surface area (Å²) in [6, 6.07) is 23.8.